The number of Topliss-reactive ketones (excluding diaryl/α,β-unsaturated/α-hetero) is 1. The van der Waals surface area contributed by atoms with Crippen molar-refractivity contribution in [3.8, 4) is 11.8 Å². The summed E-state index contributed by atoms with van der Waals surface area (Å²) in [6, 6.07) is 1.85. The molecule has 1 aromatic heterocycles. The standard InChI is InChI=1S/C22H31NO3S2/c1-15-9-12-27-11-6-7-17(15)19(24)14-23-18-13-16(8-10-22(2,3)4)28-20(18)21(25)26-5/h13,15,17,23H,6-7,9,11-12,14H2,1-5H3. The number of thiophene rings is 1. The Balaban J connectivity index is 2.12. The maximum atomic E-state index is 12.9. The van der Waals surface area contributed by atoms with Crippen LogP contribution < -0.4 is 5.32 Å². The predicted octanol–water partition coefficient (Wildman–Crippen LogP) is 5.08. The number of ketones is 1. The maximum absolute atomic E-state index is 12.9. The number of esters is 1. The summed E-state index contributed by atoms with van der Waals surface area (Å²) in [6.45, 7) is 8.54. The van der Waals surface area contributed by atoms with Crippen LogP contribution >= 0.6 is 23.1 Å². The van der Waals surface area contributed by atoms with E-state index in [4.69, 9.17) is 4.74 Å². The van der Waals surface area contributed by atoms with Gasteiger partial charge in [-0.05, 0) is 63.5 Å². The van der Waals surface area contributed by atoms with Crippen LogP contribution in [0.25, 0.3) is 0 Å². The molecular formula is C22H31NO3S2. The molecule has 0 saturated carbocycles. The molecule has 2 rings (SSSR count). The van der Waals surface area contributed by atoms with Crippen molar-refractivity contribution < 1.29 is 14.3 Å². The lowest BCUT2D eigenvalue weighted by atomic mass is 9.84. The first-order valence-corrected chi connectivity index (χ1v) is 11.8. The Hall–Kier alpha value is -1.45. The lowest BCUT2D eigenvalue weighted by molar-refractivity contribution is -0.122. The van der Waals surface area contributed by atoms with Crippen LogP contribution in [-0.2, 0) is 9.53 Å². The van der Waals surface area contributed by atoms with Gasteiger partial charge in [-0.15, -0.1) is 11.3 Å². The number of ether oxygens (including phenoxy) is 1. The average molecular weight is 422 g/mol. The number of nitrogens with one attached hydrogen (secondary N) is 1. The van der Waals surface area contributed by atoms with Gasteiger partial charge in [-0.1, -0.05) is 18.8 Å². The number of rotatable bonds is 5. The lowest BCUT2D eigenvalue weighted by Crippen LogP contribution is -2.29. The summed E-state index contributed by atoms with van der Waals surface area (Å²) in [4.78, 5) is 26.3. The molecule has 4 nitrogen and oxygen atoms in total. The number of anilines is 1. The molecule has 1 N–H and O–H groups in total. The quantitative estimate of drug-likeness (QED) is 0.530. The highest BCUT2D eigenvalue weighted by Gasteiger charge is 2.26. The van der Waals surface area contributed by atoms with Gasteiger partial charge in [0.1, 0.15) is 4.88 Å². The molecule has 1 aliphatic heterocycles. The van der Waals surface area contributed by atoms with Gasteiger partial charge in [0.15, 0.2) is 5.78 Å². The second kappa shape index (κ2) is 10.4. The lowest BCUT2D eigenvalue weighted by Gasteiger charge is -2.25. The van der Waals surface area contributed by atoms with Crippen molar-refractivity contribution in [2.45, 2.75) is 47.0 Å². The van der Waals surface area contributed by atoms with Crippen LogP contribution in [0.3, 0.4) is 0 Å². The molecule has 2 heterocycles. The van der Waals surface area contributed by atoms with Crippen LogP contribution in [0.15, 0.2) is 6.07 Å². The molecule has 0 aromatic carbocycles. The summed E-state index contributed by atoms with van der Waals surface area (Å²) in [7, 11) is 1.37. The van der Waals surface area contributed by atoms with Crippen LogP contribution in [0.1, 0.15) is 61.5 Å². The van der Waals surface area contributed by atoms with Crippen LogP contribution in [0.2, 0.25) is 0 Å². The molecule has 1 aromatic rings. The van der Waals surface area contributed by atoms with Crippen molar-refractivity contribution in [2.24, 2.45) is 17.3 Å². The minimum atomic E-state index is -0.403. The average Bonchev–Trinajstić information content (AvgIpc) is 3.03. The summed E-state index contributed by atoms with van der Waals surface area (Å²) >= 11 is 3.29. The minimum absolute atomic E-state index is 0.0914. The molecule has 0 spiro atoms. The normalized spacial score (nSPS) is 20.3. The minimum Gasteiger partial charge on any atom is -0.465 e. The predicted molar refractivity (Wildman–Crippen MR) is 119 cm³/mol. The number of thioether (sulfide) groups is 1. The molecule has 2 atom stereocenters. The van der Waals surface area contributed by atoms with Crippen molar-refractivity contribution >= 4 is 40.5 Å². The zero-order valence-corrected chi connectivity index (χ0v) is 19.1. The van der Waals surface area contributed by atoms with Crippen molar-refractivity contribution in [1.29, 1.82) is 0 Å². The summed E-state index contributed by atoms with van der Waals surface area (Å²) in [5.74, 6) is 8.89. The van der Waals surface area contributed by atoms with E-state index in [0.717, 1.165) is 35.6 Å². The van der Waals surface area contributed by atoms with E-state index in [1.807, 2.05) is 38.6 Å². The van der Waals surface area contributed by atoms with Crippen LogP contribution in [-0.4, -0.2) is 36.9 Å². The maximum Gasteiger partial charge on any atom is 0.350 e. The molecule has 1 aliphatic rings. The monoisotopic (exact) mass is 421 g/mol. The van der Waals surface area contributed by atoms with Gasteiger partial charge in [0.05, 0.1) is 24.2 Å². The first-order chi connectivity index (χ1) is 13.2. The first kappa shape index (κ1) is 22.8. The highest BCUT2D eigenvalue weighted by molar-refractivity contribution is 7.99. The van der Waals surface area contributed by atoms with E-state index in [2.05, 4.69) is 24.1 Å². The van der Waals surface area contributed by atoms with E-state index < -0.39 is 5.97 Å². The van der Waals surface area contributed by atoms with Crippen molar-refractivity contribution in [3.63, 3.8) is 0 Å². The molecule has 154 valence electrons. The largest absolute Gasteiger partial charge is 0.465 e. The Morgan fingerprint density at radius 2 is 2.04 bits per heavy atom. The smallest absolute Gasteiger partial charge is 0.350 e. The van der Waals surface area contributed by atoms with Crippen LogP contribution in [0.5, 0.6) is 0 Å². The Bertz CT molecular complexity index is 752. The van der Waals surface area contributed by atoms with E-state index >= 15 is 0 Å². The number of carbonyl (C=O) groups excluding carboxylic acids is 2. The highest BCUT2D eigenvalue weighted by atomic mass is 32.2. The van der Waals surface area contributed by atoms with E-state index in [9.17, 15) is 9.59 Å². The van der Waals surface area contributed by atoms with Gasteiger partial charge in [0, 0.05) is 11.3 Å². The fraction of sp³-hybridized carbons (Fsp3) is 0.636. The molecule has 28 heavy (non-hydrogen) atoms. The number of methoxy groups -OCH3 is 1. The van der Waals surface area contributed by atoms with Crippen molar-refractivity contribution in [2.75, 3.05) is 30.5 Å². The summed E-state index contributed by atoms with van der Waals surface area (Å²) < 4.78 is 4.90. The van der Waals surface area contributed by atoms with Gasteiger partial charge in [-0.3, -0.25) is 4.79 Å². The summed E-state index contributed by atoms with van der Waals surface area (Å²) in [5, 5.41) is 3.19. The van der Waals surface area contributed by atoms with Crippen LogP contribution in [0, 0.1) is 29.1 Å². The second-order valence-corrected chi connectivity index (χ2v) is 10.6. The van der Waals surface area contributed by atoms with Gasteiger partial charge in [-0.25, -0.2) is 4.79 Å². The topological polar surface area (TPSA) is 55.4 Å². The number of carbonyl (C=O) groups is 2. The number of hydrogen-bond donors (Lipinski definition) is 1. The third-order valence-corrected chi connectivity index (χ3v) is 6.87. The second-order valence-electron chi connectivity index (χ2n) is 8.29. The van der Waals surface area contributed by atoms with Gasteiger partial charge in [0.2, 0.25) is 0 Å². The Labute approximate surface area is 177 Å². The summed E-state index contributed by atoms with van der Waals surface area (Å²) in [5.41, 5.74) is 0.517. The van der Waals surface area contributed by atoms with Gasteiger partial charge in [0.25, 0.3) is 0 Å². The molecule has 0 radical (unpaired) electrons. The third-order valence-electron chi connectivity index (χ3n) is 4.74. The highest BCUT2D eigenvalue weighted by Crippen LogP contribution is 2.30. The summed E-state index contributed by atoms with van der Waals surface area (Å²) in [6.07, 6.45) is 3.12. The first-order valence-electron chi connectivity index (χ1n) is 9.81. The Kier molecular flexibility index (Phi) is 8.45. The fourth-order valence-electron chi connectivity index (χ4n) is 3.13. The van der Waals surface area contributed by atoms with Crippen molar-refractivity contribution in [3.05, 3.63) is 15.8 Å². The van der Waals surface area contributed by atoms with E-state index in [0.29, 0.717) is 16.5 Å². The third kappa shape index (κ3) is 6.86. The van der Waals surface area contributed by atoms with E-state index in [-0.39, 0.29) is 23.7 Å². The molecule has 1 fully saturated rings. The Morgan fingerprint density at radius 1 is 1.29 bits per heavy atom. The van der Waals surface area contributed by atoms with Gasteiger partial charge >= 0.3 is 5.97 Å². The Morgan fingerprint density at radius 3 is 2.71 bits per heavy atom. The molecular weight excluding hydrogens is 390 g/mol. The molecule has 0 aliphatic carbocycles. The van der Waals surface area contributed by atoms with Crippen molar-refractivity contribution in [1.82, 2.24) is 0 Å². The van der Waals surface area contributed by atoms with E-state index in [1.54, 1.807) is 0 Å². The van der Waals surface area contributed by atoms with Crippen LogP contribution in [0.4, 0.5) is 5.69 Å². The molecule has 0 bridgehead atoms. The number of hydrogen-bond acceptors (Lipinski definition) is 6. The zero-order chi connectivity index (χ0) is 20.7. The fourth-order valence-corrected chi connectivity index (χ4v) is 5.15. The molecule has 6 heteroatoms. The van der Waals surface area contributed by atoms with E-state index in [1.165, 1.54) is 18.4 Å². The molecule has 2 unspecified atom stereocenters. The molecule has 0 amide bonds. The van der Waals surface area contributed by atoms with Gasteiger partial charge < -0.3 is 10.1 Å². The zero-order valence-electron chi connectivity index (χ0n) is 17.5. The van der Waals surface area contributed by atoms with Gasteiger partial charge in [-0.2, -0.15) is 11.8 Å². The SMILES string of the molecule is COC(=O)c1sc(C#CC(C)(C)C)cc1NCC(=O)C1CCCSCCC1C. The molecule has 1 saturated heterocycles.